The number of para-hydroxylation sites is 1. The zero-order chi connectivity index (χ0) is 11.8. The van der Waals surface area contributed by atoms with Gasteiger partial charge in [0.25, 0.3) is 0 Å². The van der Waals surface area contributed by atoms with E-state index < -0.39 is 0 Å². The molecule has 2 heteroatoms. The van der Waals surface area contributed by atoms with Crippen LogP contribution in [0.3, 0.4) is 0 Å². The number of nitrogens with zero attached hydrogens (tertiary/aromatic N) is 1. The van der Waals surface area contributed by atoms with Gasteiger partial charge in [-0.05, 0) is 24.3 Å². The van der Waals surface area contributed by atoms with Gasteiger partial charge < -0.3 is 0 Å². The number of hydrogen-bond donors (Lipinski definition) is 0. The highest BCUT2D eigenvalue weighted by molar-refractivity contribution is 5.91. The minimum absolute atomic E-state index is 0.716. The lowest BCUT2D eigenvalue weighted by Gasteiger charge is -2.02. The molecule has 0 unspecified atom stereocenters. The van der Waals surface area contributed by atoms with Gasteiger partial charge in [0.1, 0.15) is 13.3 Å². The summed E-state index contributed by atoms with van der Waals surface area (Å²) in [4.78, 5) is 10.8. The molecule has 0 saturated carbocycles. The molecule has 0 aliphatic heterocycles. The molecule has 0 amide bonds. The van der Waals surface area contributed by atoms with Gasteiger partial charge in [-0.15, -0.1) is 0 Å². The lowest BCUT2D eigenvalue weighted by molar-refractivity contribution is -0.617. The zero-order valence-corrected chi connectivity index (χ0v) is 9.55. The van der Waals surface area contributed by atoms with Crippen LogP contribution in [0.5, 0.6) is 0 Å². The molecule has 2 aromatic carbocycles. The van der Waals surface area contributed by atoms with Gasteiger partial charge in [0.05, 0.1) is 0 Å². The van der Waals surface area contributed by atoms with Gasteiger partial charge >= 0.3 is 0 Å². The van der Waals surface area contributed by atoms with E-state index in [4.69, 9.17) is 0 Å². The average Bonchev–Trinajstić information content (AvgIpc) is 2.38. The number of aromatic nitrogens is 1. The molecular formula is C15H12NO+. The Balaban J connectivity index is 2.49. The highest BCUT2D eigenvalue weighted by Gasteiger charge is 2.10. The van der Waals surface area contributed by atoms with Crippen LogP contribution in [0.4, 0.5) is 0 Å². The maximum Gasteiger partial charge on any atom is 0.212 e. The number of aryl methyl sites for hydroxylation is 1. The maximum atomic E-state index is 10.8. The van der Waals surface area contributed by atoms with Gasteiger partial charge in [0.2, 0.25) is 11.0 Å². The summed E-state index contributed by atoms with van der Waals surface area (Å²) in [6, 6.07) is 16.1. The van der Waals surface area contributed by atoms with Crippen LogP contribution >= 0.6 is 0 Å². The Labute approximate surface area is 99.1 Å². The second-order valence-electron chi connectivity index (χ2n) is 4.20. The van der Waals surface area contributed by atoms with Gasteiger partial charge in [-0.2, -0.15) is 4.57 Å². The van der Waals surface area contributed by atoms with Crippen molar-refractivity contribution >= 4 is 28.1 Å². The summed E-state index contributed by atoms with van der Waals surface area (Å²) in [5.41, 5.74) is 3.04. The van der Waals surface area contributed by atoms with Crippen LogP contribution in [0, 0.1) is 0 Å². The van der Waals surface area contributed by atoms with Crippen LogP contribution in [0.15, 0.2) is 48.5 Å². The Morgan fingerprint density at radius 3 is 2.53 bits per heavy atom. The number of carbonyl (C=O) groups excluding carboxylic acids is 1. The number of aldehydes is 1. The number of rotatable bonds is 1. The van der Waals surface area contributed by atoms with Crippen molar-refractivity contribution < 1.29 is 9.36 Å². The first kappa shape index (κ1) is 9.97. The summed E-state index contributed by atoms with van der Waals surface area (Å²) in [5.74, 6) is 0. The summed E-state index contributed by atoms with van der Waals surface area (Å²) in [7, 11) is 2.05. The van der Waals surface area contributed by atoms with Crippen LogP contribution in [0.2, 0.25) is 0 Å². The van der Waals surface area contributed by atoms with Crippen molar-refractivity contribution in [2.24, 2.45) is 7.05 Å². The van der Waals surface area contributed by atoms with Crippen LogP contribution in [-0.2, 0) is 7.05 Å². The van der Waals surface area contributed by atoms with Gasteiger partial charge in [-0.1, -0.05) is 12.1 Å². The second-order valence-corrected chi connectivity index (χ2v) is 4.20. The second kappa shape index (κ2) is 3.67. The first-order valence-corrected chi connectivity index (χ1v) is 5.56. The SMILES string of the molecule is C[n+]1c2ccccc2cc2cc(C=O)ccc21. The summed E-state index contributed by atoms with van der Waals surface area (Å²) in [6.45, 7) is 0. The first-order chi connectivity index (χ1) is 8.29. The van der Waals surface area contributed by atoms with E-state index >= 15 is 0 Å². The highest BCUT2D eigenvalue weighted by Crippen LogP contribution is 2.18. The van der Waals surface area contributed by atoms with Crippen LogP contribution < -0.4 is 4.57 Å². The van der Waals surface area contributed by atoms with E-state index in [9.17, 15) is 4.79 Å². The molecule has 0 atom stereocenters. The molecule has 3 rings (SSSR count). The van der Waals surface area contributed by atoms with Crippen molar-refractivity contribution in [3.63, 3.8) is 0 Å². The quantitative estimate of drug-likeness (QED) is 0.352. The van der Waals surface area contributed by atoms with E-state index in [0.29, 0.717) is 5.56 Å². The van der Waals surface area contributed by atoms with E-state index in [-0.39, 0.29) is 0 Å². The molecule has 82 valence electrons. The van der Waals surface area contributed by atoms with Gasteiger partial charge in [-0.3, -0.25) is 4.79 Å². The van der Waals surface area contributed by atoms with Gasteiger partial charge in [0.15, 0.2) is 0 Å². The van der Waals surface area contributed by atoms with E-state index in [1.54, 1.807) is 0 Å². The predicted octanol–water partition coefficient (Wildman–Crippen LogP) is 2.63. The van der Waals surface area contributed by atoms with E-state index in [1.165, 1.54) is 10.9 Å². The number of benzene rings is 2. The highest BCUT2D eigenvalue weighted by atomic mass is 16.1. The monoisotopic (exact) mass is 222 g/mol. The third-order valence-corrected chi connectivity index (χ3v) is 3.16. The molecule has 1 heterocycles. The van der Waals surface area contributed by atoms with Gasteiger partial charge in [-0.25, -0.2) is 0 Å². The molecule has 0 aliphatic rings. The van der Waals surface area contributed by atoms with Crippen LogP contribution in [0.1, 0.15) is 10.4 Å². The van der Waals surface area contributed by atoms with Gasteiger partial charge in [0, 0.05) is 28.5 Å². The Bertz CT molecular complexity index is 731. The summed E-state index contributed by atoms with van der Waals surface area (Å²) >= 11 is 0. The number of hydrogen-bond acceptors (Lipinski definition) is 1. The first-order valence-electron chi connectivity index (χ1n) is 5.56. The fraction of sp³-hybridized carbons (Fsp3) is 0.0667. The molecule has 0 fully saturated rings. The normalized spacial score (nSPS) is 10.9. The molecule has 0 bridgehead atoms. The molecule has 1 aromatic heterocycles. The van der Waals surface area contributed by atoms with E-state index in [2.05, 4.69) is 22.8 Å². The molecule has 17 heavy (non-hydrogen) atoms. The smallest absolute Gasteiger partial charge is 0.212 e. The van der Waals surface area contributed by atoms with Crippen molar-refractivity contribution in [2.45, 2.75) is 0 Å². The topological polar surface area (TPSA) is 20.9 Å². The Hall–Kier alpha value is -2.22. The number of carbonyl (C=O) groups is 1. The summed E-state index contributed by atoms with van der Waals surface area (Å²) in [5, 5.41) is 2.28. The molecule has 0 spiro atoms. The fourth-order valence-corrected chi connectivity index (χ4v) is 2.28. The molecule has 2 nitrogen and oxygen atoms in total. The molecule has 3 aromatic rings. The summed E-state index contributed by atoms with van der Waals surface area (Å²) in [6.07, 6.45) is 0.884. The van der Waals surface area contributed by atoms with Crippen molar-refractivity contribution in [3.8, 4) is 0 Å². The molecule has 0 saturated heterocycles. The van der Waals surface area contributed by atoms with E-state index in [0.717, 1.165) is 17.2 Å². The predicted molar refractivity (Wildman–Crippen MR) is 68.0 cm³/mol. The average molecular weight is 222 g/mol. The van der Waals surface area contributed by atoms with Crippen molar-refractivity contribution in [1.29, 1.82) is 0 Å². The zero-order valence-electron chi connectivity index (χ0n) is 9.55. The Morgan fingerprint density at radius 2 is 1.71 bits per heavy atom. The van der Waals surface area contributed by atoms with Crippen molar-refractivity contribution in [3.05, 3.63) is 54.1 Å². The van der Waals surface area contributed by atoms with Crippen LogP contribution in [0.25, 0.3) is 21.8 Å². The third kappa shape index (κ3) is 1.49. The maximum absolute atomic E-state index is 10.8. The number of pyridine rings is 1. The number of fused-ring (bicyclic) bond motifs is 2. The minimum Gasteiger partial charge on any atom is -0.298 e. The molecule has 0 N–H and O–H groups in total. The lowest BCUT2D eigenvalue weighted by Crippen LogP contribution is -2.29. The van der Waals surface area contributed by atoms with Crippen molar-refractivity contribution in [2.75, 3.05) is 0 Å². The standard InChI is InChI=1S/C15H12NO/c1-16-14-5-3-2-4-12(14)9-13-8-11(10-17)6-7-15(13)16/h2-10H,1H3/q+1. The molecule has 0 radical (unpaired) electrons. The lowest BCUT2D eigenvalue weighted by atomic mass is 10.1. The minimum atomic E-state index is 0.716. The molecule has 0 aliphatic carbocycles. The largest absolute Gasteiger partial charge is 0.298 e. The fourth-order valence-electron chi connectivity index (χ4n) is 2.28. The van der Waals surface area contributed by atoms with E-state index in [1.807, 2.05) is 37.4 Å². The Kier molecular flexibility index (Phi) is 2.15. The summed E-state index contributed by atoms with van der Waals surface area (Å²) < 4.78 is 2.15. The van der Waals surface area contributed by atoms with Crippen molar-refractivity contribution in [1.82, 2.24) is 0 Å². The third-order valence-electron chi connectivity index (χ3n) is 3.16. The van der Waals surface area contributed by atoms with Crippen LogP contribution in [-0.4, -0.2) is 6.29 Å². The molecular weight excluding hydrogens is 210 g/mol. The Morgan fingerprint density at radius 1 is 0.941 bits per heavy atom.